The van der Waals surface area contributed by atoms with E-state index in [1.807, 2.05) is 30.3 Å². The van der Waals surface area contributed by atoms with Crippen LogP contribution in [0.15, 0.2) is 78.9 Å². The molecule has 0 aromatic heterocycles. The van der Waals surface area contributed by atoms with Gasteiger partial charge in [0.1, 0.15) is 24.2 Å². The second-order valence-corrected chi connectivity index (χ2v) is 9.42. The van der Waals surface area contributed by atoms with Gasteiger partial charge in [0.25, 0.3) is 0 Å². The molecule has 0 spiro atoms. The van der Waals surface area contributed by atoms with Crippen LogP contribution in [0.5, 0.6) is 11.5 Å². The molecular weight excluding hydrogens is 480 g/mol. The molecule has 0 aliphatic carbocycles. The number of nitrogens with one attached hydrogen (secondary N) is 1. The summed E-state index contributed by atoms with van der Waals surface area (Å²) in [4.78, 5) is 0. The average Bonchev–Trinajstić information content (AvgIpc) is 3.14. The molecular formula is C30H24N4O4. The summed E-state index contributed by atoms with van der Waals surface area (Å²) in [6.07, 6.45) is -1.21. The van der Waals surface area contributed by atoms with E-state index in [2.05, 4.69) is 18.2 Å². The Labute approximate surface area is 220 Å². The number of benzene rings is 3. The number of hydrogen-bond acceptors (Lipinski definition) is 8. The van der Waals surface area contributed by atoms with Crippen LogP contribution in [0.3, 0.4) is 0 Å². The lowest BCUT2D eigenvalue weighted by Gasteiger charge is -2.49. The van der Waals surface area contributed by atoms with Crippen LogP contribution in [-0.2, 0) is 16.1 Å². The second kappa shape index (κ2) is 9.23. The standard InChI is InChI=1S/C30H24N4O4/c1-28-25(23-13-6-7-14-24(23)35-2)30(19-33,27(34)38-28)29(17-31,18-32)26(37-28)21-11-8-12-22(15-21)36-16-20-9-4-3-5-10-20/h3-15,25-26,34H,16H2,1-2H3. The van der Waals surface area contributed by atoms with Crippen LogP contribution in [-0.4, -0.2) is 18.8 Å². The Kier molecular flexibility index (Phi) is 6.03. The number of para-hydroxylation sites is 1. The van der Waals surface area contributed by atoms with Crippen molar-refractivity contribution < 1.29 is 18.9 Å². The van der Waals surface area contributed by atoms with Crippen LogP contribution in [0.2, 0.25) is 0 Å². The molecule has 4 unspecified atom stereocenters. The van der Waals surface area contributed by atoms with Gasteiger partial charge >= 0.3 is 0 Å². The SMILES string of the molecule is COc1ccccc1C1C2(C)OC(=N)C1(C#N)C(C#N)(C#N)C(c1cccc(OCc3ccccc3)c1)O2. The van der Waals surface area contributed by atoms with Crippen molar-refractivity contribution in [3.63, 3.8) is 0 Å². The number of ether oxygens (including phenoxy) is 4. The Morgan fingerprint density at radius 2 is 1.63 bits per heavy atom. The third-order valence-corrected chi connectivity index (χ3v) is 7.38. The van der Waals surface area contributed by atoms with Gasteiger partial charge in [-0.05, 0) is 29.3 Å². The monoisotopic (exact) mass is 504 g/mol. The molecule has 2 bridgehead atoms. The van der Waals surface area contributed by atoms with Gasteiger partial charge in [-0.25, -0.2) is 0 Å². The smallest absolute Gasteiger partial charge is 0.219 e. The van der Waals surface area contributed by atoms with Crippen molar-refractivity contribution in [1.29, 1.82) is 21.2 Å². The van der Waals surface area contributed by atoms with Crippen LogP contribution in [0.4, 0.5) is 0 Å². The van der Waals surface area contributed by atoms with E-state index in [1.54, 1.807) is 55.5 Å². The Morgan fingerprint density at radius 1 is 0.921 bits per heavy atom. The minimum Gasteiger partial charge on any atom is -0.496 e. The summed E-state index contributed by atoms with van der Waals surface area (Å²) in [5.74, 6) is -2.07. The average molecular weight is 505 g/mol. The molecule has 4 atom stereocenters. The fourth-order valence-electron chi connectivity index (χ4n) is 5.66. The van der Waals surface area contributed by atoms with Crippen molar-refractivity contribution in [3.8, 4) is 29.7 Å². The lowest BCUT2D eigenvalue weighted by Crippen LogP contribution is -2.57. The van der Waals surface area contributed by atoms with E-state index in [1.165, 1.54) is 7.11 Å². The number of nitrogens with zero attached hydrogens (tertiary/aromatic N) is 3. The fraction of sp³-hybridized carbons (Fsp3) is 0.267. The molecule has 38 heavy (non-hydrogen) atoms. The fourth-order valence-corrected chi connectivity index (χ4v) is 5.66. The minimum atomic E-state index is -2.13. The van der Waals surface area contributed by atoms with Gasteiger partial charge in [-0.15, -0.1) is 0 Å². The summed E-state index contributed by atoms with van der Waals surface area (Å²) < 4.78 is 23.9. The first-order valence-electron chi connectivity index (χ1n) is 12.0. The topological polar surface area (TPSA) is 132 Å². The first-order valence-corrected chi connectivity index (χ1v) is 12.0. The van der Waals surface area contributed by atoms with E-state index in [0.29, 0.717) is 29.2 Å². The summed E-state index contributed by atoms with van der Waals surface area (Å²) in [5, 5.41) is 40.6. The van der Waals surface area contributed by atoms with E-state index in [4.69, 9.17) is 24.4 Å². The summed E-state index contributed by atoms with van der Waals surface area (Å²) in [6, 6.07) is 29.9. The van der Waals surface area contributed by atoms with Crippen LogP contribution in [0.25, 0.3) is 0 Å². The van der Waals surface area contributed by atoms with Crippen molar-refractivity contribution in [3.05, 3.63) is 95.6 Å². The van der Waals surface area contributed by atoms with Crippen molar-refractivity contribution in [1.82, 2.24) is 0 Å². The van der Waals surface area contributed by atoms with Crippen LogP contribution in [0, 0.1) is 50.2 Å². The Balaban J connectivity index is 1.63. The van der Waals surface area contributed by atoms with Crippen molar-refractivity contribution in [2.75, 3.05) is 7.11 Å². The highest BCUT2D eigenvalue weighted by molar-refractivity contribution is 5.90. The molecule has 2 saturated heterocycles. The number of fused-ring (bicyclic) bond motifs is 2. The van der Waals surface area contributed by atoms with Crippen LogP contribution in [0.1, 0.15) is 35.6 Å². The summed E-state index contributed by atoms with van der Waals surface area (Å²) in [7, 11) is 1.49. The van der Waals surface area contributed by atoms with E-state index in [0.717, 1.165) is 5.56 Å². The van der Waals surface area contributed by atoms with Gasteiger partial charge in [0.15, 0.2) is 5.41 Å². The third-order valence-electron chi connectivity index (χ3n) is 7.38. The maximum Gasteiger partial charge on any atom is 0.219 e. The zero-order valence-electron chi connectivity index (χ0n) is 20.8. The highest BCUT2D eigenvalue weighted by Crippen LogP contribution is 2.70. The molecule has 0 saturated carbocycles. The molecule has 2 fully saturated rings. The molecule has 2 aliphatic heterocycles. The summed E-state index contributed by atoms with van der Waals surface area (Å²) >= 11 is 0. The molecule has 8 nitrogen and oxygen atoms in total. The lowest BCUT2D eigenvalue weighted by atomic mass is 9.52. The number of methoxy groups -OCH3 is 1. The highest BCUT2D eigenvalue weighted by Gasteiger charge is 2.80. The third kappa shape index (κ3) is 3.41. The second-order valence-electron chi connectivity index (χ2n) is 9.42. The zero-order chi connectivity index (χ0) is 27.0. The van der Waals surface area contributed by atoms with E-state index in [9.17, 15) is 15.8 Å². The molecule has 0 amide bonds. The number of rotatable bonds is 6. The van der Waals surface area contributed by atoms with Crippen LogP contribution < -0.4 is 9.47 Å². The predicted molar refractivity (Wildman–Crippen MR) is 136 cm³/mol. The Hall–Kier alpha value is -4.84. The zero-order valence-corrected chi connectivity index (χ0v) is 20.8. The summed E-state index contributed by atoms with van der Waals surface area (Å²) in [6.45, 7) is 1.94. The minimum absolute atomic E-state index is 0.320. The molecule has 188 valence electrons. The van der Waals surface area contributed by atoms with Gasteiger partial charge in [-0.2, -0.15) is 15.8 Å². The molecule has 1 N–H and O–H groups in total. The lowest BCUT2D eigenvalue weighted by molar-refractivity contribution is -0.253. The Bertz CT molecular complexity index is 1510. The maximum absolute atomic E-state index is 10.7. The van der Waals surface area contributed by atoms with E-state index >= 15 is 0 Å². The number of nitriles is 3. The predicted octanol–water partition coefficient (Wildman–Crippen LogP) is 5.40. The van der Waals surface area contributed by atoms with Gasteiger partial charge in [0.05, 0.1) is 31.2 Å². The molecule has 3 aromatic carbocycles. The number of hydrogen-bond donors (Lipinski definition) is 1. The normalized spacial score (nSPS) is 26.8. The molecule has 0 radical (unpaired) electrons. The largest absolute Gasteiger partial charge is 0.496 e. The van der Waals surface area contributed by atoms with Gasteiger partial charge in [-0.1, -0.05) is 60.7 Å². The van der Waals surface area contributed by atoms with Gasteiger partial charge in [0.2, 0.25) is 17.1 Å². The first kappa shape index (κ1) is 24.8. The van der Waals surface area contributed by atoms with E-state index < -0.39 is 34.5 Å². The molecule has 2 heterocycles. The van der Waals surface area contributed by atoms with Gasteiger partial charge in [0, 0.05) is 12.5 Å². The quantitative estimate of drug-likeness (QED) is 0.475. The Morgan fingerprint density at radius 3 is 2.32 bits per heavy atom. The van der Waals surface area contributed by atoms with Crippen molar-refractivity contribution in [2.45, 2.75) is 31.3 Å². The van der Waals surface area contributed by atoms with Crippen molar-refractivity contribution >= 4 is 5.90 Å². The maximum atomic E-state index is 10.7. The molecule has 2 aliphatic rings. The first-order chi connectivity index (χ1) is 18.4. The summed E-state index contributed by atoms with van der Waals surface area (Å²) in [5.41, 5.74) is -2.16. The van der Waals surface area contributed by atoms with Gasteiger partial charge in [-0.3, -0.25) is 5.41 Å². The molecule has 8 heteroatoms. The molecule has 5 rings (SSSR count). The highest BCUT2D eigenvalue weighted by atomic mass is 16.7. The van der Waals surface area contributed by atoms with E-state index in [-0.39, 0.29) is 0 Å². The van der Waals surface area contributed by atoms with Gasteiger partial charge < -0.3 is 18.9 Å². The van der Waals surface area contributed by atoms with Crippen molar-refractivity contribution in [2.24, 2.45) is 10.8 Å². The van der Waals surface area contributed by atoms with Crippen LogP contribution >= 0.6 is 0 Å². The molecule has 3 aromatic rings.